The van der Waals surface area contributed by atoms with Gasteiger partial charge in [0.15, 0.2) is 6.29 Å². The highest BCUT2D eigenvalue weighted by atomic mass is 31.3. The van der Waals surface area contributed by atoms with E-state index in [1.807, 2.05) is 0 Å². The number of H-pyrrole nitrogens is 1. The van der Waals surface area contributed by atoms with Crippen LogP contribution in [0.4, 0.5) is 0 Å². The van der Waals surface area contributed by atoms with Gasteiger partial charge in [0.25, 0.3) is 5.56 Å². The van der Waals surface area contributed by atoms with E-state index in [1.165, 1.54) is 27.0 Å². The third-order valence-corrected chi connectivity index (χ3v) is 8.21. The number of ether oxygens (including phenoxy) is 2. The van der Waals surface area contributed by atoms with E-state index in [-0.39, 0.29) is 18.4 Å². The third kappa shape index (κ3) is 6.95. The average Bonchev–Trinajstić information content (AvgIpc) is 3.06. The highest BCUT2D eigenvalue weighted by Crippen LogP contribution is 2.62. The lowest BCUT2D eigenvalue weighted by Crippen LogP contribution is -2.60. The third-order valence-electron chi connectivity index (χ3n) is 5.60. The number of hydrogen-bond donors (Lipinski definition) is 6. The van der Waals surface area contributed by atoms with Crippen molar-refractivity contribution in [1.29, 1.82) is 0 Å². The van der Waals surface area contributed by atoms with E-state index in [0.717, 1.165) is 4.57 Å². The van der Waals surface area contributed by atoms with Gasteiger partial charge in [0.05, 0.1) is 24.9 Å². The largest absolute Gasteiger partial charge is 0.486 e. The Hall–Kier alpha value is -1.26. The first kappa shape index (κ1) is 28.3. The van der Waals surface area contributed by atoms with Crippen molar-refractivity contribution in [2.75, 3.05) is 6.61 Å². The predicted molar refractivity (Wildman–Crippen MR) is 116 cm³/mol. The van der Waals surface area contributed by atoms with E-state index in [0.29, 0.717) is 0 Å². The van der Waals surface area contributed by atoms with E-state index in [9.17, 15) is 38.7 Å². The van der Waals surface area contributed by atoms with Gasteiger partial charge in [0.2, 0.25) is 0 Å². The molecule has 1 aromatic heterocycles. The molecule has 2 aliphatic heterocycles. The van der Waals surface area contributed by atoms with Crippen LogP contribution in [0.5, 0.6) is 0 Å². The number of rotatable bonds is 8. The summed E-state index contributed by atoms with van der Waals surface area (Å²) in [5.41, 5.74) is 3.60. The first-order valence-electron chi connectivity index (χ1n) is 10.5. The number of aromatic amines is 1. The van der Waals surface area contributed by atoms with E-state index >= 15 is 0 Å². The van der Waals surface area contributed by atoms with Crippen molar-refractivity contribution in [1.82, 2.24) is 9.55 Å². The topological polar surface area (TPSA) is 242 Å². The van der Waals surface area contributed by atoms with Gasteiger partial charge in [-0.25, -0.2) is 13.9 Å². The number of aromatic nitrogens is 2. The Bertz CT molecular complexity index is 1130. The Labute approximate surface area is 198 Å². The Morgan fingerprint density at radius 1 is 1.29 bits per heavy atom. The fourth-order valence-electron chi connectivity index (χ4n) is 3.79. The molecule has 0 amide bonds. The number of nitrogens with zero attached hydrogens (tertiary/aromatic N) is 1. The number of aliphatic hydroxyl groups is 2. The van der Waals surface area contributed by atoms with Crippen molar-refractivity contribution < 1.29 is 52.0 Å². The Morgan fingerprint density at radius 2 is 1.94 bits per heavy atom. The molecule has 0 radical (unpaired) electrons. The summed E-state index contributed by atoms with van der Waals surface area (Å²) in [6.45, 7) is 3.68. The van der Waals surface area contributed by atoms with Crippen LogP contribution in [0.3, 0.4) is 0 Å². The molecule has 0 saturated carbocycles. The molecule has 7 N–H and O–H groups in total. The minimum absolute atomic E-state index is 0.114. The average molecular weight is 545 g/mol. The Balaban J connectivity index is 1.73. The molecule has 200 valence electrons. The molecule has 1 unspecified atom stereocenters. The van der Waals surface area contributed by atoms with Gasteiger partial charge in [-0.1, -0.05) is 0 Å². The number of nitrogens with one attached hydrogen (secondary N) is 1. The van der Waals surface area contributed by atoms with Gasteiger partial charge in [-0.05, 0) is 20.8 Å². The van der Waals surface area contributed by atoms with E-state index < -0.39 is 76.0 Å². The molecule has 2 fully saturated rings. The molecule has 18 heteroatoms. The van der Waals surface area contributed by atoms with Gasteiger partial charge in [-0.2, -0.15) is 4.31 Å². The van der Waals surface area contributed by atoms with E-state index in [4.69, 9.17) is 24.3 Å². The van der Waals surface area contributed by atoms with Crippen LogP contribution in [0.1, 0.15) is 38.5 Å². The van der Waals surface area contributed by atoms with Crippen LogP contribution >= 0.6 is 15.6 Å². The fraction of sp³-hybridized carbons (Fsp3) is 0.765. The van der Waals surface area contributed by atoms with Gasteiger partial charge in [0.1, 0.15) is 12.3 Å². The lowest BCUT2D eigenvalue weighted by Gasteiger charge is -2.43. The highest BCUT2D eigenvalue weighted by Gasteiger charge is 2.48. The monoisotopic (exact) mass is 545 g/mol. The number of phosphoric acid groups is 2. The zero-order valence-electron chi connectivity index (χ0n) is 19.0. The summed E-state index contributed by atoms with van der Waals surface area (Å²) in [5, 5.41) is 20.4. The maximum Gasteiger partial charge on any atom is 0.486 e. The van der Waals surface area contributed by atoms with Crippen LogP contribution in [-0.2, 0) is 32.0 Å². The molecule has 3 heterocycles. The summed E-state index contributed by atoms with van der Waals surface area (Å²) in [5.74, 6) is 0. The van der Waals surface area contributed by atoms with Gasteiger partial charge < -0.3 is 35.2 Å². The molecule has 0 aliphatic carbocycles. The van der Waals surface area contributed by atoms with Crippen molar-refractivity contribution in [3.05, 3.63) is 32.6 Å². The summed E-state index contributed by atoms with van der Waals surface area (Å²) in [6, 6.07) is 0. The summed E-state index contributed by atoms with van der Waals surface area (Å²) in [7, 11) is -10.4. The zero-order valence-corrected chi connectivity index (χ0v) is 20.8. The van der Waals surface area contributed by atoms with Crippen LogP contribution < -0.4 is 17.0 Å². The minimum Gasteiger partial charge on any atom is -0.390 e. The number of phosphoric ester groups is 1. The summed E-state index contributed by atoms with van der Waals surface area (Å²) >= 11 is 0. The van der Waals surface area contributed by atoms with Crippen molar-refractivity contribution >= 4 is 15.6 Å². The van der Waals surface area contributed by atoms with Crippen LogP contribution in [0, 0.1) is 6.92 Å². The van der Waals surface area contributed by atoms with Crippen LogP contribution in [0.25, 0.3) is 0 Å². The van der Waals surface area contributed by atoms with Crippen molar-refractivity contribution in [2.24, 2.45) is 5.73 Å². The standard InChI is InChI=1S/C17H29N3O13P2/c1-8-6-20(16(24)19-15(8)23)12-4-10(21)11(31-12)7-29-35(28,33-34(25,26)27)32-13-5-17(3,18)14(22)9(2)30-13/h6,9-14,21-22H,4-5,7,18H2,1-3H3,(H,19,23,24)(H2,25,26,27)/t9-,10-,11+,12+,13-,14-,17-,35?/m0/s1. The maximum atomic E-state index is 13.1. The van der Waals surface area contributed by atoms with E-state index in [1.54, 1.807) is 0 Å². The number of aryl methyl sites for hydroxylation is 1. The molecule has 2 saturated heterocycles. The van der Waals surface area contributed by atoms with Gasteiger partial charge in [-0.3, -0.25) is 23.4 Å². The van der Waals surface area contributed by atoms with Crippen LogP contribution in [-0.4, -0.2) is 72.4 Å². The summed E-state index contributed by atoms with van der Waals surface area (Å²) < 4.78 is 50.9. The van der Waals surface area contributed by atoms with Gasteiger partial charge in [0, 0.05) is 30.1 Å². The van der Waals surface area contributed by atoms with Crippen LogP contribution in [0.2, 0.25) is 0 Å². The van der Waals surface area contributed by atoms with Gasteiger partial charge >= 0.3 is 21.3 Å². The normalized spacial score (nSPS) is 35.7. The number of hydrogen-bond acceptors (Lipinski definition) is 12. The molecule has 1 aromatic rings. The van der Waals surface area contributed by atoms with Gasteiger partial charge in [-0.15, -0.1) is 0 Å². The van der Waals surface area contributed by atoms with Crippen molar-refractivity contribution in [3.63, 3.8) is 0 Å². The van der Waals surface area contributed by atoms with Crippen molar-refractivity contribution in [3.8, 4) is 0 Å². The molecule has 35 heavy (non-hydrogen) atoms. The molecule has 2 aliphatic rings. The van der Waals surface area contributed by atoms with Crippen molar-refractivity contribution in [2.45, 2.75) is 76.1 Å². The highest BCUT2D eigenvalue weighted by molar-refractivity contribution is 7.61. The molecule has 8 atom stereocenters. The first-order chi connectivity index (χ1) is 16.0. The SMILES string of the molecule is Cc1cn([C@H]2C[C@H](O)[C@@H](COP(=O)(O[C@H]3C[C@](C)(N)[C@@H](O)[C@H](C)O3)OP(=O)(O)O)O2)c(=O)[nH]c1=O. The zero-order chi connectivity index (χ0) is 26.3. The summed E-state index contributed by atoms with van der Waals surface area (Å²) in [4.78, 5) is 44.2. The molecule has 16 nitrogen and oxygen atoms in total. The lowest BCUT2D eigenvalue weighted by atomic mass is 9.86. The molecular formula is C17H29N3O13P2. The molecule has 0 aromatic carbocycles. The smallest absolute Gasteiger partial charge is 0.390 e. The Morgan fingerprint density at radius 3 is 2.54 bits per heavy atom. The second kappa shape index (κ2) is 10.2. The van der Waals surface area contributed by atoms with Crippen LogP contribution in [0.15, 0.2) is 15.8 Å². The second-order valence-corrected chi connectivity index (χ2v) is 11.8. The first-order valence-corrected chi connectivity index (χ1v) is 13.5. The quantitative estimate of drug-likeness (QED) is 0.214. The lowest BCUT2D eigenvalue weighted by molar-refractivity contribution is -0.210. The molecule has 0 spiro atoms. The molecule has 3 rings (SSSR count). The maximum absolute atomic E-state index is 13.1. The number of nitrogens with two attached hydrogens (primary N) is 1. The molecular weight excluding hydrogens is 516 g/mol. The minimum atomic E-state index is -5.40. The number of aliphatic hydroxyl groups excluding tert-OH is 2. The molecule has 0 bridgehead atoms. The predicted octanol–water partition coefficient (Wildman–Crippen LogP) is -1.04. The Kier molecular flexibility index (Phi) is 8.29. The summed E-state index contributed by atoms with van der Waals surface area (Å²) in [6.07, 6.45) is -6.01. The fourth-order valence-corrected chi connectivity index (χ4v) is 5.98. The second-order valence-electron chi connectivity index (χ2n) is 8.76. The van der Waals surface area contributed by atoms with E-state index in [2.05, 4.69) is 9.29 Å².